The Labute approximate surface area is 173 Å². The Morgan fingerprint density at radius 3 is 2.48 bits per heavy atom. The SMILES string of the molecule is CCOC(=O)C1=C(CN2CCN([C@@H](C)CC)CC2)NC(=O)N[C@H]1c1ccccc1. The molecule has 1 aromatic carbocycles. The van der Waals surface area contributed by atoms with Crippen molar-refractivity contribution in [3.63, 3.8) is 0 Å². The van der Waals surface area contributed by atoms with Gasteiger partial charge >= 0.3 is 12.0 Å². The van der Waals surface area contributed by atoms with Gasteiger partial charge in [-0.1, -0.05) is 37.3 Å². The van der Waals surface area contributed by atoms with Crippen LogP contribution in [0.4, 0.5) is 4.79 Å². The van der Waals surface area contributed by atoms with E-state index in [0.29, 0.717) is 30.5 Å². The van der Waals surface area contributed by atoms with Crippen molar-refractivity contribution in [1.82, 2.24) is 20.4 Å². The summed E-state index contributed by atoms with van der Waals surface area (Å²) in [5, 5.41) is 5.75. The highest BCUT2D eigenvalue weighted by Crippen LogP contribution is 2.28. The number of hydrogen-bond acceptors (Lipinski definition) is 5. The predicted octanol–water partition coefficient (Wildman–Crippen LogP) is 2.27. The molecule has 0 bridgehead atoms. The number of carbonyl (C=O) groups is 2. The van der Waals surface area contributed by atoms with Gasteiger partial charge in [-0.3, -0.25) is 9.80 Å². The number of amides is 2. The van der Waals surface area contributed by atoms with Crippen LogP contribution in [0.3, 0.4) is 0 Å². The van der Waals surface area contributed by atoms with Crippen LogP contribution in [0.5, 0.6) is 0 Å². The lowest BCUT2D eigenvalue weighted by atomic mass is 9.95. The van der Waals surface area contributed by atoms with Crippen LogP contribution in [-0.4, -0.2) is 67.2 Å². The molecule has 2 aliphatic rings. The summed E-state index contributed by atoms with van der Waals surface area (Å²) >= 11 is 0. The fourth-order valence-corrected chi connectivity index (χ4v) is 3.93. The van der Waals surface area contributed by atoms with Gasteiger partial charge in [0.1, 0.15) is 0 Å². The molecule has 0 radical (unpaired) electrons. The normalized spacial score (nSPS) is 22.0. The van der Waals surface area contributed by atoms with Crippen molar-refractivity contribution in [2.24, 2.45) is 0 Å². The molecule has 2 N–H and O–H groups in total. The molecular formula is C22H32N4O3. The van der Waals surface area contributed by atoms with Gasteiger partial charge in [-0.05, 0) is 25.8 Å². The first-order valence-corrected chi connectivity index (χ1v) is 10.5. The van der Waals surface area contributed by atoms with E-state index in [1.54, 1.807) is 6.92 Å². The highest BCUT2D eigenvalue weighted by atomic mass is 16.5. The zero-order valence-corrected chi connectivity index (χ0v) is 17.6. The number of ether oxygens (including phenoxy) is 1. The highest BCUT2D eigenvalue weighted by Gasteiger charge is 2.34. The van der Waals surface area contributed by atoms with Crippen LogP contribution in [-0.2, 0) is 9.53 Å². The summed E-state index contributed by atoms with van der Waals surface area (Å²) in [5.74, 6) is -0.387. The van der Waals surface area contributed by atoms with Crippen molar-refractivity contribution in [2.75, 3.05) is 39.3 Å². The molecule has 1 fully saturated rings. The first kappa shape index (κ1) is 21.3. The molecule has 29 heavy (non-hydrogen) atoms. The van der Waals surface area contributed by atoms with Gasteiger partial charge in [-0.15, -0.1) is 0 Å². The van der Waals surface area contributed by atoms with Crippen molar-refractivity contribution in [2.45, 2.75) is 39.3 Å². The monoisotopic (exact) mass is 400 g/mol. The summed E-state index contributed by atoms with van der Waals surface area (Å²) in [6, 6.07) is 9.32. The maximum atomic E-state index is 12.8. The number of hydrogen-bond donors (Lipinski definition) is 2. The third-order valence-electron chi connectivity index (χ3n) is 5.78. The number of benzene rings is 1. The van der Waals surface area contributed by atoms with E-state index in [2.05, 4.69) is 34.3 Å². The maximum Gasteiger partial charge on any atom is 0.338 e. The molecule has 3 rings (SSSR count). The number of nitrogens with one attached hydrogen (secondary N) is 2. The fraction of sp³-hybridized carbons (Fsp3) is 0.545. The number of rotatable bonds is 7. The van der Waals surface area contributed by atoms with Crippen LogP contribution in [0, 0.1) is 0 Å². The standard InChI is InChI=1S/C22H32N4O3/c1-4-16(3)26-13-11-25(12-14-26)15-18-19(21(27)29-5-2)20(24-22(28)23-18)17-9-7-6-8-10-17/h6-10,16,20H,4-5,11-15H2,1-3H3,(H2,23,24,28)/t16-,20-/m0/s1. The zero-order chi connectivity index (χ0) is 20.8. The molecule has 0 unspecified atom stereocenters. The van der Waals surface area contributed by atoms with Crippen LogP contribution in [0.15, 0.2) is 41.6 Å². The van der Waals surface area contributed by atoms with Gasteiger partial charge in [0.05, 0.1) is 18.2 Å². The minimum atomic E-state index is -0.514. The van der Waals surface area contributed by atoms with E-state index in [-0.39, 0.29) is 12.0 Å². The Morgan fingerprint density at radius 2 is 1.86 bits per heavy atom. The second-order valence-corrected chi connectivity index (χ2v) is 7.62. The lowest BCUT2D eigenvalue weighted by Gasteiger charge is -2.39. The van der Waals surface area contributed by atoms with E-state index >= 15 is 0 Å². The van der Waals surface area contributed by atoms with Gasteiger partial charge in [-0.25, -0.2) is 9.59 Å². The lowest BCUT2D eigenvalue weighted by Crippen LogP contribution is -2.53. The smallest absolute Gasteiger partial charge is 0.338 e. The van der Waals surface area contributed by atoms with E-state index < -0.39 is 6.04 Å². The van der Waals surface area contributed by atoms with Crippen molar-refractivity contribution < 1.29 is 14.3 Å². The van der Waals surface area contributed by atoms with Crippen LogP contribution < -0.4 is 10.6 Å². The summed E-state index contributed by atoms with van der Waals surface area (Å²) in [5.41, 5.74) is 1.99. The second-order valence-electron chi connectivity index (χ2n) is 7.62. The third kappa shape index (κ3) is 5.16. The van der Waals surface area contributed by atoms with Crippen molar-refractivity contribution in [3.8, 4) is 0 Å². The van der Waals surface area contributed by atoms with Crippen LogP contribution >= 0.6 is 0 Å². The number of piperazine rings is 1. The average molecular weight is 401 g/mol. The summed E-state index contributed by atoms with van der Waals surface area (Å²) in [6.07, 6.45) is 1.14. The van der Waals surface area contributed by atoms with Crippen LogP contribution in [0.25, 0.3) is 0 Å². The predicted molar refractivity (Wildman–Crippen MR) is 112 cm³/mol. The summed E-state index contributed by atoms with van der Waals surface area (Å²) in [6.45, 7) is 10.9. The molecule has 158 valence electrons. The average Bonchev–Trinajstić information content (AvgIpc) is 2.74. The first-order valence-electron chi connectivity index (χ1n) is 10.5. The Bertz CT molecular complexity index is 742. The number of urea groups is 1. The molecule has 1 saturated heterocycles. The minimum absolute atomic E-state index is 0.290. The van der Waals surface area contributed by atoms with E-state index in [0.717, 1.165) is 38.2 Å². The van der Waals surface area contributed by atoms with Gasteiger partial charge in [0.2, 0.25) is 0 Å². The van der Waals surface area contributed by atoms with E-state index in [1.165, 1.54) is 0 Å². The topological polar surface area (TPSA) is 73.9 Å². The summed E-state index contributed by atoms with van der Waals surface area (Å²) in [7, 11) is 0. The summed E-state index contributed by atoms with van der Waals surface area (Å²) in [4.78, 5) is 30.0. The van der Waals surface area contributed by atoms with E-state index in [1.807, 2.05) is 30.3 Å². The highest BCUT2D eigenvalue weighted by molar-refractivity contribution is 5.95. The fourth-order valence-electron chi connectivity index (χ4n) is 3.93. The van der Waals surface area contributed by atoms with Gasteiger partial charge in [-0.2, -0.15) is 0 Å². The van der Waals surface area contributed by atoms with Gasteiger partial charge in [0.15, 0.2) is 0 Å². The zero-order valence-electron chi connectivity index (χ0n) is 17.6. The van der Waals surface area contributed by atoms with Gasteiger partial charge in [0, 0.05) is 44.5 Å². The molecular weight excluding hydrogens is 368 g/mol. The molecule has 0 saturated carbocycles. The Balaban J connectivity index is 1.83. The molecule has 0 aliphatic carbocycles. The number of esters is 1. The van der Waals surface area contributed by atoms with Crippen LogP contribution in [0.1, 0.15) is 38.8 Å². The minimum Gasteiger partial charge on any atom is -0.463 e. The largest absolute Gasteiger partial charge is 0.463 e. The molecule has 7 nitrogen and oxygen atoms in total. The Morgan fingerprint density at radius 1 is 1.17 bits per heavy atom. The van der Waals surface area contributed by atoms with Gasteiger partial charge < -0.3 is 15.4 Å². The van der Waals surface area contributed by atoms with Crippen molar-refractivity contribution >= 4 is 12.0 Å². The van der Waals surface area contributed by atoms with Crippen molar-refractivity contribution in [3.05, 3.63) is 47.2 Å². The molecule has 2 atom stereocenters. The quantitative estimate of drug-likeness (QED) is 0.687. The molecule has 1 aromatic rings. The Hall–Kier alpha value is -2.38. The van der Waals surface area contributed by atoms with E-state index in [9.17, 15) is 9.59 Å². The second kappa shape index (κ2) is 9.89. The molecule has 2 aliphatic heterocycles. The van der Waals surface area contributed by atoms with E-state index in [4.69, 9.17) is 4.74 Å². The molecule has 2 heterocycles. The maximum absolute atomic E-state index is 12.8. The summed E-state index contributed by atoms with van der Waals surface area (Å²) < 4.78 is 5.34. The first-order chi connectivity index (χ1) is 14.0. The van der Waals surface area contributed by atoms with Crippen LogP contribution in [0.2, 0.25) is 0 Å². The molecule has 2 amide bonds. The molecule has 0 aromatic heterocycles. The number of nitrogens with zero attached hydrogens (tertiary/aromatic N) is 2. The van der Waals surface area contributed by atoms with Gasteiger partial charge in [0.25, 0.3) is 0 Å². The third-order valence-corrected chi connectivity index (χ3v) is 5.78. The molecule has 0 spiro atoms. The Kier molecular flexibility index (Phi) is 7.28. The lowest BCUT2D eigenvalue weighted by molar-refractivity contribution is -0.139. The number of carbonyl (C=O) groups excluding carboxylic acids is 2. The molecule has 7 heteroatoms. The van der Waals surface area contributed by atoms with Crippen molar-refractivity contribution in [1.29, 1.82) is 0 Å².